The Balaban J connectivity index is 1.82. The molecule has 9 heteroatoms. The fourth-order valence-electron chi connectivity index (χ4n) is 3.11. The van der Waals surface area contributed by atoms with Crippen LogP contribution in [0.4, 0.5) is 18.9 Å². The summed E-state index contributed by atoms with van der Waals surface area (Å²) in [5.74, 6) is -0.649. The number of amides is 1. The predicted octanol–water partition coefficient (Wildman–Crippen LogP) is 4.83. The van der Waals surface area contributed by atoms with E-state index in [4.69, 9.17) is 0 Å². The van der Waals surface area contributed by atoms with Crippen molar-refractivity contribution in [3.05, 3.63) is 95.1 Å². The summed E-state index contributed by atoms with van der Waals surface area (Å²) in [5.41, 5.74) is 1.53. The molecule has 5 nitrogen and oxygen atoms in total. The second kappa shape index (κ2) is 9.66. The smallest absolute Gasteiger partial charge is 0.350 e. The van der Waals surface area contributed by atoms with Crippen molar-refractivity contribution in [2.45, 2.75) is 31.5 Å². The molecule has 0 aliphatic rings. The molecule has 0 unspecified atom stereocenters. The van der Waals surface area contributed by atoms with Gasteiger partial charge in [-0.1, -0.05) is 47.5 Å². The fourth-order valence-corrected chi connectivity index (χ4v) is 4.53. The lowest BCUT2D eigenvalue weighted by molar-refractivity contribution is -0.137. The summed E-state index contributed by atoms with van der Waals surface area (Å²) in [6.07, 6.45) is -4.50. The van der Waals surface area contributed by atoms with E-state index in [0.717, 1.165) is 27.6 Å². The number of nitrogens with one attached hydrogen (secondary N) is 1. The van der Waals surface area contributed by atoms with Crippen LogP contribution in [-0.2, 0) is 27.5 Å². The van der Waals surface area contributed by atoms with Gasteiger partial charge >= 0.3 is 6.18 Å². The minimum Gasteiger partial charge on any atom is -0.350 e. The maximum Gasteiger partial charge on any atom is 0.416 e. The lowest BCUT2D eigenvalue weighted by Gasteiger charge is -2.24. The first-order valence-electron chi connectivity index (χ1n) is 10.1. The fraction of sp³-hybridized carbons (Fsp3) is 0.208. The van der Waals surface area contributed by atoms with Crippen LogP contribution in [-0.4, -0.2) is 20.9 Å². The molecule has 0 radical (unpaired) electrons. The number of anilines is 1. The number of carbonyl (C=O) groups excluding carboxylic acids is 1. The standard InChI is InChI=1S/C24H23F3N2O3S/c1-17-6-10-21(11-7-17)29(33(31,32)22-12-8-18(2)9-13-22)16-23(30)28-15-19-4-3-5-20(14-19)24(25,26)27/h3-14H,15-16H2,1-2H3,(H,28,30). The summed E-state index contributed by atoms with van der Waals surface area (Å²) < 4.78 is 66.3. The quantitative estimate of drug-likeness (QED) is 0.531. The highest BCUT2D eigenvalue weighted by atomic mass is 32.2. The molecule has 0 saturated heterocycles. The highest BCUT2D eigenvalue weighted by Gasteiger charge is 2.30. The van der Waals surface area contributed by atoms with Crippen LogP contribution in [0.25, 0.3) is 0 Å². The van der Waals surface area contributed by atoms with E-state index in [2.05, 4.69) is 5.32 Å². The molecule has 0 aliphatic carbocycles. The first-order chi connectivity index (χ1) is 15.5. The van der Waals surface area contributed by atoms with E-state index < -0.39 is 34.2 Å². The van der Waals surface area contributed by atoms with Crippen molar-refractivity contribution in [1.29, 1.82) is 0 Å². The Morgan fingerprint density at radius 3 is 2.06 bits per heavy atom. The molecule has 0 aromatic heterocycles. The van der Waals surface area contributed by atoms with Crippen molar-refractivity contribution in [1.82, 2.24) is 5.32 Å². The Kier molecular flexibility index (Phi) is 7.12. The van der Waals surface area contributed by atoms with Crippen LogP contribution >= 0.6 is 0 Å². The van der Waals surface area contributed by atoms with E-state index in [1.807, 2.05) is 13.8 Å². The molecule has 1 amide bonds. The summed E-state index contributed by atoms with van der Waals surface area (Å²) in [6, 6.07) is 17.5. The zero-order valence-corrected chi connectivity index (χ0v) is 18.9. The topological polar surface area (TPSA) is 66.5 Å². The molecule has 3 aromatic carbocycles. The minimum atomic E-state index is -4.50. The largest absolute Gasteiger partial charge is 0.416 e. The predicted molar refractivity (Wildman–Crippen MR) is 120 cm³/mol. The summed E-state index contributed by atoms with van der Waals surface area (Å²) in [4.78, 5) is 12.7. The average Bonchev–Trinajstić information content (AvgIpc) is 2.76. The lowest BCUT2D eigenvalue weighted by atomic mass is 10.1. The van der Waals surface area contributed by atoms with Crippen molar-refractivity contribution in [3.8, 4) is 0 Å². The van der Waals surface area contributed by atoms with E-state index in [1.54, 1.807) is 36.4 Å². The van der Waals surface area contributed by atoms with Gasteiger partial charge in [-0.2, -0.15) is 13.2 Å². The number of aryl methyl sites for hydroxylation is 2. The summed E-state index contributed by atoms with van der Waals surface area (Å²) in [5, 5.41) is 2.51. The highest BCUT2D eigenvalue weighted by Crippen LogP contribution is 2.29. The third-order valence-corrected chi connectivity index (χ3v) is 6.75. The maximum absolute atomic E-state index is 13.3. The number of hydrogen-bond acceptors (Lipinski definition) is 3. The van der Waals surface area contributed by atoms with Gasteiger partial charge in [0.25, 0.3) is 10.0 Å². The summed E-state index contributed by atoms with van der Waals surface area (Å²) >= 11 is 0. The molecule has 0 saturated carbocycles. The van der Waals surface area contributed by atoms with Gasteiger partial charge in [-0.25, -0.2) is 8.42 Å². The van der Waals surface area contributed by atoms with Crippen molar-refractivity contribution in [2.24, 2.45) is 0 Å². The molecule has 174 valence electrons. The molecule has 0 fully saturated rings. The zero-order valence-electron chi connectivity index (χ0n) is 18.1. The van der Waals surface area contributed by atoms with Crippen molar-refractivity contribution >= 4 is 21.6 Å². The average molecular weight is 477 g/mol. The van der Waals surface area contributed by atoms with Gasteiger partial charge in [0.05, 0.1) is 16.1 Å². The molecule has 0 heterocycles. The Bertz CT molecular complexity index is 1220. The van der Waals surface area contributed by atoms with Crippen LogP contribution < -0.4 is 9.62 Å². The number of alkyl halides is 3. The van der Waals surface area contributed by atoms with Crippen LogP contribution in [0.3, 0.4) is 0 Å². The monoisotopic (exact) mass is 476 g/mol. The van der Waals surface area contributed by atoms with Gasteiger partial charge in [0.15, 0.2) is 0 Å². The number of rotatable bonds is 7. The molecule has 3 rings (SSSR count). The summed E-state index contributed by atoms with van der Waals surface area (Å²) in [6.45, 7) is 2.98. The molecule has 0 atom stereocenters. The second-order valence-corrected chi connectivity index (χ2v) is 9.50. The summed E-state index contributed by atoms with van der Waals surface area (Å²) in [7, 11) is -4.06. The van der Waals surface area contributed by atoms with Crippen LogP contribution in [0.15, 0.2) is 77.7 Å². The first-order valence-corrected chi connectivity index (χ1v) is 11.5. The number of sulfonamides is 1. The molecule has 0 bridgehead atoms. The van der Waals surface area contributed by atoms with Crippen LogP contribution in [0.5, 0.6) is 0 Å². The number of hydrogen-bond donors (Lipinski definition) is 1. The highest BCUT2D eigenvalue weighted by molar-refractivity contribution is 7.92. The minimum absolute atomic E-state index is 0.0272. The second-order valence-electron chi connectivity index (χ2n) is 7.64. The molecule has 33 heavy (non-hydrogen) atoms. The SMILES string of the molecule is Cc1ccc(N(CC(=O)NCc2cccc(C(F)(F)F)c2)S(=O)(=O)c2ccc(C)cc2)cc1. The van der Waals surface area contributed by atoms with E-state index in [9.17, 15) is 26.4 Å². The Labute approximate surface area is 190 Å². The molecule has 3 aromatic rings. The van der Waals surface area contributed by atoms with Gasteiger partial charge in [-0.05, 0) is 55.8 Å². The Hall–Kier alpha value is -3.33. The van der Waals surface area contributed by atoms with E-state index >= 15 is 0 Å². The van der Waals surface area contributed by atoms with Gasteiger partial charge in [0, 0.05) is 6.54 Å². The van der Waals surface area contributed by atoms with Crippen molar-refractivity contribution < 1.29 is 26.4 Å². The molecular weight excluding hydrogens is 453 g/mol. The van der Waals surface area contributed by atoms with Gasteiger partial charge in [0.1, 0.15) is 6.54 Å². The van der Waals surface area contributed by atoms with Crippen molar-refractivity contribution in [3.63, 3.8) is 0 Å². The molecule has 0 spiro atoms. The lowest BCUT2D eigenvalue weighted by Crippen LogP contribution is -2.40. The van der Waals surface area contributed by atoms with Gasteiger partial charge in [-0.3, -0.25) is 9.10 Å². The number of benzene rings is 3. The van der Waals surface area contributed by atoms with Crippen LogP contribution in [0.1, 0.15) is 22.3 Å². The number of carbonyl (C=O) groups is 1. The van der Waals surface area contributed by atoms with Gasteiger partial charge in [0.2, 0.25) is 5.91 Å². The first kappa shape index (κ1) is 24.3. The zero-order chi connectivity index (χ0) is 24.2. The third-order valence-electron chi connectivity index (χ3n) is 4.96. The number of nitrogens with zero attached hydrogens (tertiary/aromatic N) is 1. The van der Waals surface area contributed by atoms with Gasteiger partial charge in [-0.15, -0.1) is 0 Å². The van der Waals surface area contributed by atoms with Crippen LogP contribution in [0.2, 0.25) is 0 Å². The van der Waals surface area contributed by atoms with E-state index in [1.165, 1.54) is 24.3 Å². The molecule has 1 N–H and O–H groups in total. The number of halogens is 3. The normalized spacial score (nSPS) is 11.8. The Morgan fingerprint density at radius 2 is 1.48 bits per heavy atom. The van der Waals surface area contributed by atoms with Gasteiger partial charge < -0.3 is 5.32 Å². The van der Waals surface area contributed by atoms with E-state index in [-0.39, 0.29) is 17.0 Å². The third kappa shape index (κ3) is 6.13. The van der Waals surface area contributed by atoms with Crippen LogP contribution in [0, 0.1) is 13.8 Å². The van der Waals surface area contributed by atoms with E-state index in [0.29, 0.717) is 5.69 Å². The Morgan fingerprint density at radius 1 is 0.909 bits per heavy atom. The van der Waals surface area contributed by atoms with Crippen molar-refractivity contribution in [2.75, 3.05) is 10.8 Å². The molecular formula is C24H23F3N2O3S. The maximum atomic E-state index is 13.3. The molecule has 0 aliphatic heterocycles.